The van der Waals surface area contributed by atoms with Gasteiger partial charge in [-0.3, -0.25) is 4.72 Å². The van der Waals surface area contributed by atoms with E-state index >= 15 is 0 Å². The van der Waals surface area contributed by atoms with Gasteiger partial charge in [-0.05, 0) is 54.2 Å². The van der Waals surface area contributed by atoms with Crippen LogP contribution < -0.4 is 18.9 Å². The lowest BCUT2D eigenvalue weighted by Crippen LogP contribution is -2.19. The first kappa shape index (κ1) is 29.2. The number of hydrogen-bond acceptors (Lipinski definition) is 10. The number of ether oxygens (including phenoxy) is 4. The van der Waals surface area contributed by atoms with Crippen molar-refractivity contribution in [3.63, 3.8) is 0 Å². The first-order valence-corrected chi connectivity index (χ1v) is 15.0. The molecule has 3 heterocycles. The lowest BCUT2D eigenvalue weighted by molar-refractivity contribution is 0.0654. The Morgan fingerprint density at radius 2 is 1.67 bits per heavy atom. The zero-order chi connectivity index (χ0) is 29.7. The van der Waals surface area contributed by atoms with Crippen molar-refractivity contribution in [1.29, 1.82) is 0 Å². The molecule has 1 aliphatic heterocycles. The molecule has 2 aromatic carbocycles. The summed E-state index contributed by atoms with van der Waals surface area (Å²) >= 11 is 0. The van der Waals surface area contributed by atoms with Crippen molar-refractivity contribution in [2.24, 2.45) is 0 Å². The van der Waals surface area contributed by atoms with Crippen molar-refractivity contribution >= 4 is 15.8 Å². The van der Waals surface area contributed by atoms with Crippen LogP contribution in [0.3, 0.4) is 0 Å². The van der Waals surface area contributed by atoms with E-state index in [0.29, 0.717) is 18.1 Å². The molecule has 4 aromatic rings. The van der Waals surface area contributed by atoms with Crippen molar-refractivity contribution in [3.8, 4) is 34.8 Å². The van der Waals surface area contributed by atoms with E-state index in [1.807, 2.05) is 0 Å². The molecule has 12 heteroatoms. The van der Waals surface area contributed by atoms with Crippen molar-refractivity contribution < 1.29 is 27.4 Å². The fourth-order valence-corrected chi connectivity index (χ4v) is 5.29. The average molecular weight is 592 g/mol. The number of aromatic nitrogens is 4. The van der Waals surface area contributed by atoms with Gasteiger partial charge in [0, 0.05) is 19.0 Å². The van der Waals surface area contributed by atoms with Crippen molar-refractivity contribution in [1.82, 2.24) is 19.9 Å². The lowest BCUT2D eigenvalue weighted by Gasteiger charge is -2.20. The summed E-state index contributed by atoms with van der Waals surface area (Å²) in [6, 6.07) is 15.3. The molecule has 1 aliphatic rings. The highest BCUT2D eigenvalue weighted by Gasteiger charge is 2.27. The summed E-state index contributed by atoms with van der Waals surface area (Å²) in [6.45, 7) is 6.99. The molecule has 0 aliphatic carbocycles. The zero-order valence-electron chi connectivity index (χ0n) is 23.9. The predicted octanol–water partition coefficient (Wildman–Crippen LogP) is 5.39. The Kier molecular flexibility index (Phi) is 8.55. The van der Waals surface area contributed by atoms with Gasteiger partial charge in [0.1, 0.15) is 6.61 Å². The Morgan fingerprint density at radius 3 is 2.31 bits per heavy atom. The Bertz CT molecular complexity index is 1620. The van der Waals surface area contributed by atoms with Crippen LogP contribution in [-0.4, -0.2) is 54.8 Å². The molecule has 0 saturated carbocycles. The number of methoxy groups -OCH3 is 1. The fraction of sp³-hybridized carbons (Fsp3) is 0.333. The van der Waals surface area contributed by atoms with Crippen LogP contribution in [0.25, 0.3) is 11.6 Å². The van der Waals surface area contributed by atoms with E-state index in [1.54, 1.807) is 67.0 Å². The van der Waals surface area contributed by atoms with Gasteiger partial charge >= 0.3 is 0 Å². The largest absolute Gasteiger partial charge is 0.493 e. The van der Waals surface area contributed by atoms with Gasteiger partial charge in [0.2, 0.25) is 11.6 Å². The van der Waals surface area contributed by atoms with Crippen LogP contribution in [0.15, 0.2) is 71.9 Å². The van der Waals surface area contributed by atoms with E-state index in [4.69, 9.17) is 18.9 Å². The Labute approximate surface area is 245 Å². The van der Waals surface area contributed by atoms with E-state index in [2.05, 4.69) is 45.4 Å². The van der Waals surface area contributed by atoms with Crippen LogP contribution in [-0.2, 0) is 20.2 Å². The summed E-state index contributed by atoms with van der Waals surface area (Å²) < 4.78 is 53.4. The molecule has 11 nitrogen and oxygen atoms in total. The predicted molar refractivity (Wildman–Crippen MR) is 157 cm³/mol. The van der Waals surface area contributed by atoms with E-state index in [-0.39, 0.29) is 52.1 Å². The minimum atomic E-state index is -4.12. The number of anilines is 1. The standard InChI is InChI=1S/C30H33N5O6S/c1-30(2,3)20-12-14-22(15-13-20)42(36,37)35-26-25(41-24-11-6-5-10-23(24)38-4)29(40-19-21-9-7-18-39-21)34-28(33-26)27-31-16-8-17-32-27/h5-6,8,10-17,21H,7,9,18-19H2,1-4H3,(H,33,34,35). The van der Waals surface area contributed by atoms with Crippen molar-refractivity contribution in [2.45, 2.75) is 50.0 Å². The van der Waals surface area contributed by atoms with Gasteiger partial charge in [0.25, 0.3) is 15.9 Å². The Morgan fingerprint density at radius 1 is 0.952 bits per heavy atom. The van der Waals surface area contributed by atoms with E-state index < -0.39 is 10.0 Å². The number of benzene rings is 2. The summed E-state index contributed by atoms with van der Waals surface area (Å²) in [5, 5.41) is 0. The number of nitrogens with one attached hydrogen (secondary N) is 1. The van der Waals surface area contributed by atoms with Crippen LogP contribution in [0.1, 0.15) is 39.2 Å². The topological polar surface area (TPSA) is 135 Å². The zero-order valence-corrected chi connectivity index (χ0v) is 24.7. The molecule has 0 bridgehead atoms. The molecule has 1 unspecified atom stereocenters. The molecular formula is C30H33N5O6S. The molecule has 42 heavy (non-hydrogen) atoms. The highest BCUT2D eigenvalue weighted by atomic mass is 32.2. The van der Waals surface area contributed by atoms with E-state index in [9.17, 15) is 8.42 Å². The first-order chi connectivity index (χ1) is 20.1. The summed E-state index contributed by atoms with van der Waals surface area (Å²) in [5.41, 5.74) is 0.856. The van der Waals surface area contributed by atoms with Crippen LogP contribution in [0.4, 0.5) is 5.82 Å². The second kappa shape index (κ2) is 12.3. The summed E-state index contributed by atoms with van der Waals surface area (Å²) in [7, 11) is -2.62. The monoisotopic (exact) mass is 591 g/mol. The number of hydrogen-bond donors (Lipinski definition) is 1. The fourth-order valence-electron chi connectivity index (χ4n) is 4.28. The van der Waals surface area contributed by atoms with Gasteiger partial charge in [-0.2, -0.15) is 4.98 Å². The molecule has 0 radical (unpaired) electrons. The van der Waals surface area contributed by atoms with E-state index in [0.717, 1.165) is 18.4 Å². The third-order valence-electron chi connectivity index (χ3n) is 6.57. The number of sulfonamides is 1. The summed E-state index contributed by atoms with van der Waals surface area (Å²) in [4.78, 5) is 17.6. The first-order valence-electron chi connectivity index (χ1n) is 13.5. The van der Waals surface area contributed by atoms with Gasteiger partial charge < -0.3 is 18.9 Å². The average Bonchev–Trinajstić information content (AvgIpc) is 3.51. The second-order valence-corrected chi connectivity index (χ2v) is 12.4. The molecule has 5 rings (SSSR count). The normalized spacial score (nSPS) is 15.3. The molecule has 1 saturated heterocycles. The van der Waals surface area contributed by atoms with Gasteiger partial charge in [-0.15, -0.1) is 0 Å². The number of para-hydroxylation sites is 2. The maximum Gasteiger partial charge on any atom is 0.264 e. The van der Waals surface area contributed by atoms with Crippen LogP contribution in [0.5, 0.6) is 23.1 Å². The number of nitrogens with zero attached hydrogens (tertiary/aromatic N) is 4. The molecule has 1 atom stereocenters. The van der Waals surface area contributed by atoms with Crippen LogP contribution >= 0.6 is 0 Å². The van der Waals surface area contributed by atoms with Gasteiger partial charge in [-0.25, -0.2) is 23.4 Å². The molecule has 0 spiro atoms. The van der Waals surface area contributed by atoms with Crippen LogP contribution in [0, 0.1) is 0 Å². The van der Waals surface area contributed by atoms with Crippen molar-refractivity contribution in [3.05, 3.63) is 72.6 Å². The van der Waals surface area contributed by atoms with Gasteiger partial charge in [0.15, 0.2) is 23.1 Å². The second-order valence-electron chi connectivity index (χ2n) is 10.7. The van der Waals surface area contributed by atoms with Crippen molar-refractivity contribution in [2.75, 3.05) is 25.0 Å². The quantitative estimate of drug-likeness (QED) is 0.256. The van der Waals surface area contributed by atoms with Gasteiger partial charge in [0.05, 0.1) is 18.1 Å². The Balaban J connectivity index is 1.61. The lowest BCUT2D eigenvalue weighted by atomic mass is 9.87. The minimum absolute atomic E-state index is 0.00496. The molecule has 1 N–H and O–H groups in total. The minimum Gasteiger partial charge on any atom is -0.493 e. The van der Waals surface area contributed by atoms with Gasteiger partial charge in [-0.1, -0.05) is 45.0 Å². The molecular weight excluding hydrogens is 558 g/mol. The molecule has 2 aromatic heterocycles. The third-order valence-corrected chi connectivity index (χ3v) is 7.93. The molecule has 1 fully saturated rings. The maximum atomic E-state index is 13.7. The highest BCUT2D eigenvalue weighted by Crippen LogP contribution is 2.41. The van der Waals surface area contributed by atoms with E-state index in [1.165, 1.54) is 7.11 Å². The maximum absolute atomic E-state index is 13.7. The van der Waals surface area contributed by atoms with Crippen LogP contribution in [0.2, 0.25) is 0 Å². The summed E-state index contributed by atoms with van der Waals surface area (Å²) in [6.07, 6.45) is 4.69. The summed E-state index contributed by atoms with van der Waals surface area (Å²) in [5.74, 6) is 0.751. The smallest absolute Gasteiger partial charge is 0.264 e. The SMILES string of the molecule is COc1ccccc1Oc1c(NS(=O)(=O)c2ccc(C(C)(C)C)cc2)nc(-c2ncccn2)nc1OCC1CCCO1. The number of rotatable bonds is 10. The Hall–Kier alpha value is -4.29. The highest BCUT2D eigenvalue weighted by molar-refractivity contribution is 7.92. The third kappa shape index (κ3) is 6.77. The molecule has 220 valence electrons. The molecule has 0 amide bonds.